The zero-order valence-electron chi connectivity index (χ0n) is 13.6. The Kier molecular flexibility index (Phi) is 7.12. The molecule has 1 amide bonds. The fourth-order valence-corrected chi connectivity index (χ4v) is 2.27. The van der Waals surface area contributed by atoms with Crippen molar-refractivity contribution >= 4 is 5.91 Å². The summed E-state index contributed by atoms with van der Waals surface area (Å²) in [6.07, 6.45) is 6.20. The summed E-state index contributed by atoms with van der Waals surface area (Å²) in [7, 11) is 0. The first-order valence-electron chi connectivity index (χ1n) is 7.87. The molecule has 118 valence electrons. The minimum atomic E-state index is -0.544. The smallest absolute Gasteiger partial charge is 0.269 e. The zero-order valence-corrected chi connectivity index (χ0v) is 13.6. The first-order valence-corrected chi connectivity index (χ1v) is 7.87. The van der Waals surface area contributed by atoms with Crippen molar-refractivity contribution in [2.24, 2.45) is 5.73 Å². The van der Waals surface area contributed by atoms with Gasteiger partial charge in [-0.25, -0.2) is 9.97 Å². The lowest BCUT2D eigenvalue weighted by Gasteiger charge is -2.19. The van der Waals surface area contributed by atoms with Crippen LogP contribution in [0.2, 0.25) is 0 Å². The van der Waals surface area contributed by atoms with E-state index in [-0.39, 0.29) is 11.8 Å². The first-order chi connectivity index (χ1) is 10.0. The van der Waals surface area contributed by atoms with Gasteiger partial charge in [0.15, 0.2) is 0 Å². The van der Waals surface area contributed by atoms with Crippen molar-refractivity contribution < 1.29 is 9.53 Å². The molecule has 0 fully saturated rings. The number of amides is 1. The number of carbonyl (C=O) groups is 1. The second-order valence-corrected chi connectivity index (χ2v) is 5.30. The lowest BCUT2D eigenvalue weighted by atomic mass is 10.1. The van der Waals surface area contributed by atoms with Crippen LogP contribution < -0.4 is 10.5 Å². The molecule has 0 saturated carbocycles. The third kappa shape index (κ3) is 4.99. The van der Waals surface area contributed by atoms with Crippen LogP contribution >= 0.6 is 0 Å². The van der Waals surface area contributed by atoms with Gasteiger partial charge in [0.05, 0.1) is 5.69 Å². The molecule has 1 aromatic rings. The minimum Gasteiger partial charge on any atom is -0.473 e. The summed E-state index contributed by atoms with van der Waals surface area (Å²) >= 11 is 0. The maximum atomic E-state index is 11.3. The van der Waals surface area contributed by atoms with E-state index in [1.54, 1.807) is 6.92 Å². The first kappa shape index (κ1) is 17.4. The Hall–Kier alpha value is -1.65. The van der Waals surface area contributed by atoms with Crippen LogP contribution in [0, 0.1) is 6.92 Å². The SMILES string of the molecule is CCCCC(CCC)Oc1nc(C)c(C(N)=O)nc1CC. The van der Waals surface area contributed by atoms with Crippen LogP contribution in [0.15, 0.2) is 0 Å². The fourth-order valence-electron chi connectivity index (χ4n) is 2.27. The van der Waals surface area contributed by atoms with Gasteiger partial charge in [-0.2, -0.15) is 0 Å². The van der Waals surface area contributed by atoms with E-state index in [9.17, 15) is 4.79 Å². The second kappa shape index (κ2) is 8.60. The molecule has 5 heteroatoms. The molecule has 0 aliphatic heterocycles. The number of aromatic nitrogens is 2. The summed E-state index contributed by atoms with van der Waals surface area (Å²) in [6.45, 7) is 8.03. The minimum absolute atomic E-state index is 0.161. The standard InChI is InChI=1S/C16H27N3O2/c1-5-8-10-12(9-6-2)21-16-13(7-3)19-14(15(17)20)11(4)18-16/h12H,5-10H2,1-4H3,(H2,17,20). The van der Waals surface area contributed by atoms with Crippen molar-refractivity contribution in [1.82, 2.24) is 9.97 Å². The van der Waals surface area contributed by atoms with E-state index in [4.69, 9.17) is 10.5 Å². The highest BCUT2D eigenvalue weighted by molar-refractivity contribution is 5.91. The van der Waals surface area contributed by atoms with Gasteiger partial charge in [0.2, 0.25) is 5.88 Å². The summed E-state index contributed by atoms with van der Waals surface area (Å²) < 4.78 is 6.07. The van der Waals surface area contributed by atoms with Gasteiger partial charge in [-0.1, -0.05) is 40.0 Å². The van der Waals surface area contributed by atoms with Crippen LogP contribution in [0.25, 0.3) is 0 Å². The van der Waals surface area contributed by atoms with Crippen LogP contribution in [-0.2, 0) is 6.42 Å². The molecule has 0 bridgehead atoms. The van der Waals surface area contributed by atoms with Crippen molar-refractivity contribution in [3.63, 3.8) is 0 Å². The third-order valence-electron chi connectivity index (χ3n) is 3.44. The molecule has 1 heterocycles. The molecule has 0 aromatic carbocycles. The van der Waals surface area contributed by atoms with Gasteiger partial charge < -0.3 is 10.5 Å². The molecule has 21 heavy (non-hydrogen) atoms. The molecule has 5 nitrogen and oxygen atoms in total. The van der Waals surface area contributed by atoms with E-state index in [0.29, 0.717) is 23.7 Å². The van der Waals surface area contributed by atoms with Crippen LogP contribution in [0.5, 0.6) is 5.88 Å². The maximum Gasteiger partial charge on any atom is 0.269 e. The van der Waals surface area contributed by atoms with E-state index < -0.39 is 5.91 Å². The topological polar surface area (TPSA) is 78.1 Å². The van der Waals surface area contributed by atoms with E-state index in [1.807, 2.05) is 6.92 Å². The number of nitrogens with zero attached hydrogens (tertiary/aromatic N) is 2. The molecule has 0 radical (unpaired) electrons. The Morgan fingerprint density at radius 1 is 1.19 bits per heavy atom. The Morgan fingerprint density at radius 2 is 1.90 bits per heavy atom. The van der Waals surface area contributed by atoms with Crippen LogP contribution in [0.1, 0.15) is 74.8 Å². The molecule has 1 rings (SSSR count). The highest BCUT2D eigenvalue weighted by Crippen LogP contribution is 2.21. The van der Waals surface area contributed by atoms with E-state index in [2.05, 4.69) is 23.8 Å². The van der Waals surface area contributed by atoms with Gasteiger partial charge in [-0.05, 0) is 26.2 Å². The molecule has 0 aliphatic rings. The normalized spacial score (nSPS) is 12.2. The molecule has 1 aromatic heterocycles. The lowest BCUT2D eigenvalue weighted by Crippen LogP contribution is -2.21. The Bertz CT molecular complexity index is 475. The van der Waals surface area contributed by atoms with E-state index >= 15 is 0 Å². The Morgan fingerprint density at radius 3 is 2.43 bits per heavy atom. The van der Waals surface area contributed by atoms with Crippen molar-refractivity contribution in [3.8, 4) is 5.88 Å². The second-order valence-electron chi connectivity index (χ2n) is 5.30. The van der Waals surface area contributed by atoms with Gasteiger partial charge >= 0.3 is 0 Å². The lowest BCUT2D eigenvalue weighted by molar-refractivity contribution is 0.0993. The summed E-state index contributed by atoms with van der Waals surface area (Å²) in [6, 6.07) is 0. The van der Waals surface area contributed by atoms with Crippen molar-refractivity contribution in [2.75, 3.05) is 0 Å². The molecule has 2 N–H and O–H groups in total. The fraction of sp³-hybridized carbons (Fsp3) is 0.688. The average molecular weight is 293 g/mol. The number of aryl methyl sites for hydroxylation is 2. The summed E-state index contributed by atoms with van der Waals surface area (Å²) in [4.78, 5) is 20.1. The number of carbonyl (C=O) groups excluding carboxylic acids is 1. The molecule has 0 saturated heterocycles. The number of rotatable bonds is 9. The Labute approximate surface area is 127 Å². The van der Waals surface area contributed by atoms with Gasteiger partial charge in [0.25, 0.3) is 5.91 Å². The zero-order chi connectivity index (χ0) is 15.8. The van der Waals surface area contributed by atoms with Gasteiger partial charge in [0.1, 0.15) is 17.5 Å². The predicted molar refractivity (Wildman–Crippen MR) is 83.5 cm³/mol. The predicted octanol–water partition coefficient (Wildman–Crippen LogP) is 3.18. The largest absolute Gasteiger partial charge is 0.473 e. The van der Waals surface area contributed by atoms with Crippen molar-refractivity contribution in [1.29, 1.82) is 0 Å². The molecule has 0 aliphatic carbocycles. The number of ether oxygens (including phenoxy) is 1. The summed E-state index contributed by atoms with van der Waals surface area (Å²) in [5, 5.41) is 0. The number of primary amides is 1. The monoisotopic (exact) mass is 293 g/mol. The molecule has 1 atom stereocenters. The number of hydrogen-bond donors (Lipinski definition) is 1. The van der Waals surface area contributed by atoms with Crippen LogP contribution in [0.3, 0.4) is 0 Å². The van der Waals surface area contributed by atoms with Gasteiger partial charge in [0, 0.05) is 0 Å². The summed E-state index contributed by atoms with van der Waals surface area (Å²) in [5.41, 5.74) is 6.79. The maximum absolute atomic E-state index is 11.3. The average Bonchev–Trinajstić information content (AvgIpc) is 2.44. The highest BCUT2D eigenvalue weighted by atomic mass is 16.5. The number of unbranched alkanes of at least 4 members (excludes halogenated alkanes) is 1. The molecular weight excluding hydrogens is 266 g/mol. The van der Waals surface area contributed by atoms with Crippen LogP contribution in [0.4, 0.5) is 0 Å². The molecule has 1 unspecified atom stereocenters. The molecular formula is C16H27N3O2. The molecule has 0 spiro atoms. The Balaban J connectivity index is 2.99. The van der Waals surface area contributed by atoms with Gasteiger partial charge in [-0.15, -0.1) is 0 Å². The van der Waals surface area contributed by atoms with Crippen molar-refractivity contribution in [3.05, 3.63) is 17.1 Å². The van der Waals surface area contributed by atoms with Crippen LogP contribution in [-0.4, -0.2) is 22.0 Å². The third-order valence-corrected chi connectivity index (χ3v) is 3.44. The number of hydrogen-bond acceptors (Lipinski definition) is 4. The van der Waals surface area contributed by atoms with E-state index in [1.165, 1.54) is 0 Å². The van der Waals surface area contributed by atoms with Crippen molar-refractivity contribution in [2.45, 2.75) is 72.3 Å². The highest BCUT2D eigenvalue weighted by Gasteiger charge is 2.18. The van der Waals surface area contributed by atoms with Gasteiger partial charge in [-0.3, -0.25) is 4.79 Å². The quantitative estimate of drug-likeness (QED) is 0.758. The summed E-state index contributed by atoms with van der Waals surface area (Å²) in [5.74, 6) is 0.00638. The number of nitrogens with two attached hydrogens (primary N) is 1. The van der Waals surface area contributed by atoms with E-state index in [0.717, 1.165) is 32.1 Å².